The maximum atomic E-state index is 12.9. The summed E-state index contributed by atoms with van der Waals surface area (Å²) >= 11 is 0. The Morgan fingerprint density at radius 1 is 1.33 bits per heavy atom. The topological polar surface area (TPSA) is 27.1 Å². The number of hydrogen-bond acceptors (Lipinski definition) is 2. The molecule has 3 nitrogen and oxygen atoms in total. The molecule has 0 fully saturated rings. The molecule has 1 heterocycles. The van der Waals surface area contributed by atoms with Crippen LogP contribution in [0.5, 0.6) is 5.75 Å². The van der Waals surface area contributed by atoms with E-state index in [4.69, 9.17) is 4.74 Å². The summed E-state index contributed by atoms with van der Waals surface area (Å²) in [5.41, 5.74) is 1.49. The van der Waals surface area contributed by atoms with Crippen molar-refractivity contribution >= 4 is 0 Å². The second-order valence-electron chi connectivity index (χ2n) is 4.20. The predicted octanol–water partition coefficient (Wildman–Crippen LogP) is 3.21. The number of rotatable bonds is 4. The van der Waals surface area contributed by atoms with Crippen LogP contribution >= 0.6 is 0 Å². The fraction of sp³-hybridized carbons (Fsp3) is 0.308. The maximum absolute atomic E-state index is 12.9. The Balaban J connectivity index is 2.23. The van der Waals surface area contributed by atoms with Gasteiger partial charge in [-0.1, -0.05) is 12.1 Å². The SMILES string of the molecule is COc1cccc(-c2ccn(CC(C)(F)F)n2)c1. The first-order chi connectivity index (χ1) is 8.48. The minimum absolute atomic E-state index is 0.420. The third-order valence-corrected chi connectivity index (χ3v) is 2.45. The Kier molecular flexibility index (Phi) is 3.32. The molecule has 96 valence electrons. The number of halogens is 2. The van der Waals surface area contributed by atoms with Crippen molar-refractivity contribution in [1.82, 2.24) is 9.78 Å². The molecule has 5 heteroatoms. The van der Waals surface area contributed by atoms with Crippen molar-refractivity contribution in [3.8, 4) is 17.0 Å². The molecule has 1 aromatic heterocycles. The first-order valence-electron chi connectivity index (χ1n) is 5.54. The van der Waals surface area contributed by atoms with Crippen LogP contribution in [-0.2, 0) is 6.54 Å². The highest BCUT2D eigenvalue weighted by molar-refractivity contribution is 5.60. The average molecular weight is 252 g/mol. The third kappa shape index (κ3) is 3.06. The minimum atomic E-state index is -2.77. The van der Waals surface area contributed by atoms with Gasteiger partial charge in [0.05, 0.1) is 12.8 Å². The average Bonchev–Trinajstić information content (AvgIpc) is 2.75. The lowest BCUT2D eigenvalue weighted by molar-refractivity contribution is 0.000656. The zero-order valence-corrected chi connectivity index (χ0v) is 10.2. The predicted molar refractivity (Wildman–Crippen MR) is 64.8 cm³/mol. The number of hydrogen-bond donors (Lipinski definition) is 0. The van der Waals surface area contributed by atoms with Crippen molar-refractivity contribution in [2.45, 2.75) is 19.4 Å². The van der Waals surface area contributed by atoms with Crippen molar-refractivity contribution in [2.24, 2.45) is 0 Å². The van der Waals surface area contributed by atoms with Crippen LogP contribution in [0, 0.1) is 0 Å². The van der Waals surface area contributed by atoms with E-state index in [9.17, 15) is 8.78 Å². The Labute approximate surface area is 104 Å². The number of aromatic nitrogens is 2. The largest absolute Gasteiger partial charge is 0.497 e. The molecule has 0 saturated heterocycles. The molecule has 0 aliphatic carbocycles. The summed E-state index contributed by atoms with van der Waals surface area (Å²) in [6, 6.07) is 9.04. The van der Waals surface area contributed by atoms with Crippen molar-refractivity contribution in [1.29, 1.82) is 0 Å². The molecule has 0 aliphatic heterocycles. The Hall–Kier alpha value is -1.91. The molecule has 2 aromatic rings. The highest BCUT2D eigenvalue weighted by Gasteiger charge is 2.22. The van der Waals surface area contributed by atoms with Crippen LogP contribution in [0.1, 0.15) is 6.92 Å². The number of alkyl halides is 2. The van der Waals surface area contributed by atoms with Crippen LogP contribution in [0.3, 0.4) is 0 Å². The molecule has 0 radical (unpaired) electrons. The molecule has 0 N–H and O–H groups in total. The lowest BCUT2D eigenvalue weighted by atomic mass is 10.1. The smallest absolute Gasteiger partial charge is 0.264 e. The van der Waals surface area contributed by atoms with Gasteiger partial charge in [0.2, 0.25) is 0 Å². The zero-order valence-electron chi connectivity index (χ0n) is 10.2. The first kappa shape index (κ1) is 12.5. The summed E-state index contributed by atoms with van der Waals surface area (Å²) in [5.74, 6) is -2.06. The van der Waals surface area contributed by atoms with Gasteiger partial charge in [-0.25, -0.2) is 8.78 Å². The summed E-state index contributed by atoms with van der Waals surface area (Å²) in [6.45, 7) is 0.455. The van der Waals surface area contributed by atoms with E-state index in [1.165, 1.54) is 4.68 Å². The third-order valence-electron chi connectivity index (χ3n) is 2.45. The van der Waals surface area contributed by atoms with E-state index in [0.717, 1.165) is 12.5 Å². The van der Waals surface area contributed by atoms with Gasteiger partial charge in [-0.05, 0) is 18.2 Å². The highest BCUT2D eigenvalue weighted by Crippen LogP contribution is 2.23. The van der Waals surface area contributed by atoms with Crippen molar-refractivity contribution in [3.05, 3.63) is 36.5 Å². The summed E-state index contributed by atoms with van der Waals surface area (Å²) < 4.78 is 32.1. The van der Waals surface area contributed by atoms with Gasteiger partial charge in [-0.3, -0.25) is 4.68 Å². The lowest BCUT2D eigenvalue weighted by Gasteiger charge is -2.09. The second kappa shape index (κ2) is 4.76. The van der Waals surface area contributed by atoms with E-state index >= 15 is 0 Å². The second-order valence-corrected chi connectivity index (χ2v) is 4.20. The van der Waals surface area contributed by atoms with Gasteiger partial charge in [-0.15, -0.1) is 0 Å². The number of ether oxygens (including phenoxy) is 1. The minimum Gasteiger partial charge on any atom is -0.497 e. The van der Waals surface area contributed by atoms with Crippen molar-refractivity contribution < 1.29 is 13.5 Å². The van der Waals surface area contributed by atoms with E-state index in [2.05, 4.69) is 5.10 Å². The van der Waals surface area contributed by atoms with Crippen LogP contribution in [-0.4, -0.2) is 22.8 Å². The van der Waals surface area contributed by atoms with E-state index < -0.39 is 12.5 Å². The molecular formula is C13H14F2N2O. The van der Waals surface area contributed by atoms with Crippen LogP contribution < -0.4 is 4.74 Å². The fourth-order valence-electron chi connectivity index (χ4n) is 1.67. The number of benzene rings is 1. The van der Waals surface area contributed by atoms with E-state index in [1.807, 2.05) is 24.3 Å². The first-order valence-corrected chi connectivity index (χ1v) is 5.54. The molecule has 0 aliphatic rings. The van der Waals surface area contributed by atoms with Crippen molar-refractivity contribution in [2.75, 3.05) is 7.11 Å². The van der Waals surface area contributed by atoms with Gasteiger partial charge in [0.15, 0.2) is 0 Å². The van der Waals surface area contributed by atoms with Gasteiger partial charge >= 0.3 is 0 Å². The van der Waals surface area contributed by atoms with Gasteiger partial charge in [0.25, 0.3) is 5.92 Å². The van der Waals surface area contributed by atoms with E-state index in [-0.39, 0.29) is 0 Å². The molecule has 18 heavy (non-hydrogen) atoms. The van der Waals surface area contributed by atoms with Gasteiger partial charge in [0.1, 0.15) is 12.3 Å². The molecule has 0 amide bonds. The van der Waals surface area contributed by atoms with Crippen LogP contribution in [0.25, 0.3) is 11.3 Å². The molecular weight excluding hydrogens is 238 g/mol. The zero-order chi connectivity index (χ0) is 13.2. The molecule has 2 rings (SSSR count). The Morgan fingerprint density at radius 2 is 2.11 bits per heavy atom. The summed E-state index contributed by atoms with van der Waals surface area (Å²) in [5, 5.41) is 4.12. The fourth-order valence-corrected chi connectivity index (χ4v) is 1.67. The summed E-state index contributed by atoms with van der Waals surface area (Å²) in [6.07, 6.45) is 1.55. The molecule has 0 spiro atoms. The van der Waals surface area contributed by atoms with Gasteiger partial charge in [-0.2, -0.15) is 5.10 Å². The molecule has 0 unspecified atom stereocenters. The van der Waals surface area contributed by atoms with E-state index in [1.54, 1.807) is 19.4 Å². The molecule has 1 aromatic carbocycles. The highest BCUT2D eigenvalue weighted by atomic mass is 19.3. The number of nitrogens with zero attached hydrogens (tertiary/aromatic N) is 2. The monoisotopic (exact) mass is 252 g/mol. The molecule has 0 bridgehead atoms. The number of methoxy groups -OCH3 is 1. The van der Waals surface area contributed by atoms with Gasteiger partial charge in [0, 0.05) is 18.7 Å². The normalized spacial score (nSPS) is 11.6. The van der Waals surface area contributed by atoms with Gasteiger partial charge < -0.3 is 4.74 Å². The maximum Gasteiger partial charge on any atom is 0.264 e. The Bertz CT molecular complexity index is 532. The van der Waals surface area contributed by atoms with Crippen molar-refractivity contribution in [3.63, 3.8) is 0 Å². The quantitative estimate of drug-likeness (QED) is 0.835. The Morgan fingerprint density at radius 3 is 2.78 bits per heavy atom. The standard InChI is InChI=1S/C13H14F2N2O/c1-13(14,15)9-17-7-6-12(16-17)10-4-3-5-11(8-10)18-2/h3-8H,9H2,1-2H3. The summed E-state index contributed by atoms with van der Waals surface area (Å²) in [4.78, 5) is 0. The van der Waals surface area contributed by atoms with E-state index in [0.29, 0.717) is 11.4 Å². The molecule has 0 saturated carbocycles. The van der Waals surface area contributed by atoms with Crippen LogP contribution in [0.15, 0.2) is 36.5 Å². The molecule has 0 atom stereocenters. The van der Waals surface area contributed by atoms with Crippen LogP contribution in [0.4, 0.5) is 8.78 Å². The lowest BCUT2D eigenvalue weighted by Crippen LogP contribution is -2.19. The van der Waals surface area contributed by atoms with Crippen LogP contribution in [0.2, 0.25) is 0 Å². The summed E-state index contributed by atoms with van der Waals surface area (Å²) in [7, 11) is 1.58.